The number of nitrogen functional groups attached to an aromatic ring is 1. The van der Waals surface area contributed by atoms with E-state index in [1.807, 2.05) is 0 Å². The molecule has 2 unspecified atom stereocenters. The Bertz CT molecular complexity index is 1690. The van der Waals surface area contributed by atoms with Gasteiger partial charge in [0.15, 0.2) is 5.82 Å². The minimum absolute atomic E-state index is 0.0326. The molecule has 0 saturated carbocycles. The molecule has 4 heterocycles. The van der Waals surface area contributed by atoms with Crippen LogP contribution in [0.4, 0.5) is 32.8 Å². The van der Waals surface area contributed by atoms with E-state index in [1.54, 1.807) is 11.0 Å². The number of nitrogens with zero attached hydrogens (tertiary/aromatic N) is 3. The monoisotopic (exact) mass is 532 g/mol. The lowest BCUT2D eigenvalue weighted by molar-refractivity contribution is -0.137. The second-order valence-electron chi connectivity index (χ2n) is 9.19. The van der Waals surface area contributed by atoms with Gasteiger partial charge in [-0.1, -0.05) is 6.07 Å². The zero-order valence-corrected chi connectivity index (χ0v) is 19.7. The van der Waals surface area contributed by atoms with Crippen LogP contribution in [0.2, 0.25) is 0 Å². The molecule has 4 aromatic rings. The van der Waals surface area contributed by atoms with Gasteiger partial charge in [0, 0.05) is 41.5 Å². The summed E-state index contributed by atoms with van der Waals surface area (Å²) in [5.74, 6) is -2.19. The number of nitriles is 1. The zero-order chi connectivity index (χ0) is 26.2. The average molecular weight is 532 g/mol. The molecule has 2 aliphatic heterocycles. The summed E-state index contributed by atoms with van der Waals surface area (Å²) in [6.45, 7) is 0.816. The molecule has 6 rings (SSSR count). The fourth-order valence-corrected chi connectivity index (χ4v) is 6.40. The van der Waals surface area contributed by atoms with E-state index in [0.717, 1.165) is 31.0 Å². The van der Waals surface area contributed by atoms with Crippen LogP contribution in [0.5, 0.6) is 0 Å². The van der Waals surface area contributed by atoms with Crippen LogP contribution in [-0.4, -0.2) is 35.1 Å². The number of halogens is 5. The van der Waals surface area contributed by atoms with Crippen LogP contribution in [0.1, 0.15) is 24.0 Å². The number of aromatic nitrogens is 2. The van der Waals surface area contributed by atoms with Gasteiger partial charge in [-0.25, -0.2) is 13.6 Å². The fourth-order valence-electron chi connectivity index (χ4n) is 5.45. The number of anilines is 2. The van der Waals surface area contributed by atoms with E-state index in [2.05, 4.69) is 15.3 Å². The third-order valence-electron chi connectivity index (χ3n) is 6.97. The van der Waals surface area contributed by atoms with E-state index in [1.165, 1.54) is 0 Å². The minimum Gasteiger partial charge on any atom is -0.389 e. The second-order valence-corrected chi connectivity index (χ2v) is 10.2. The molecule has 2 aromatic heterocycles. The first-order chi connectivity index (χ1) is 17.6. The van der Waals surface area contributed by atoms with Crippen molar-refractivity contribution in [3.05, 3.63) is 51.4 Å². The molecular formula is C24H17F5N6OS. The highest BCUT2D eigenvalue weighted by Gasteiger charge is 2.39. The summed E-state index contributed by atoms with van der Waals surface area (Å²) in [5.41, 5.74) is 1.60. The van der Waals surface area contributed by atoms with E-state index in [-0.39, 0.29) is 49.5 Å². The van der Waals surface area contributed by atoms with E-state index < -0.39 is 40.1 Å². The molecule has 2 aliphatic rings. The smallest absolute Gasteiger partial charge is 0.389 e. The number of hydrogen-bond acceptors (Lipinski definition) is 7. The van der Waals surface area contributed by atoms with E-state index in [0.29, 0.717) is 24.4 Å². The van der Waals surface area contributed by atoms with Crippen LogP contribution in [0.3, 0.4) is 0 Å². The Balaban J connectivity index is 1.69. The SMILES string of the molecule is N#Cc1c(N)sc2c(F)ccc(-c3c(C(F)(F)F)cc4c(N5CC6CCC(C5)N6)nc(=O)[nH]c4c3F)c12. The topological polar surface area (TPSA) is 111 Å². The lowest BCUT2D eigenvalue weighted by atomic mass is 9.92. The molecule has 7 nitrogen and oxygen atoms in total. The quantitative estimate of drug-likeness (QED) is 0.328. The Morgan fingerprint density at radius 3 is 2.54 bits per heavy atom. The minimum atomic E-state index is -5.03. The van der Waals surface area contributed by atoms with Crippen molar-refractivity contribution < 1.29 is 22.0 Å². The molecule has 4 N–H and O–H groups in total. The number of nitrogens with one attached hydrogen (secondary N) is 2. The lowest BCUT2D eigenvalue weighted by Crippen LogP contribution is -2.51. The van der Waals surface area contributed by atoms with Gasteiger partial charge in [-0.3, -0.25) is 0 Å². The first-order valence-corrected chi connectivity index (χ1v) is 12.1. The molecule has 0 radical (unpaired) electrons. The number of hydrogen-bond donors (Lipinski definition) is 3. The van der Waals surface area contributed by atoms with Crippen LogP contribution in [0.25, 0.3) is 32.1 Å². The maximum absolute atomic E-state index is 16.2. The highest BCUT2D eigenvalue weighted by atomic mass is 32.1. The Labute approximate surface area is 209 Å². The number of fused-ring (bicyclic) bond motifs is 4. The number of thiophene rings is 1. The molecule has 2 bridgehead atoms. The molecule has 0 amide bonds. The van der Waals surface area contributed by atoms with Gasteiger partial charge in [0.05, 0.1) is 21.3 Å². The second kappa shape index (κ2) is 8.12. The Morgan fingerprint density at radius 1 is 1.19 bits per heavy atom. The van der Waals surface area contributed by atoms with Gasteiger partial charge < -0.3 is 20.9 Å². The summed E-state index contributed by atoms with van der Waals surface area (Å²) in [6, 6.07) is 4.59. The number of piperazine rings is 1. The van der Waals surface area contributed by atoms with Crippen molar-refractivity contribution in [3.8, 4) is 17.2 Å². The van der Waals surface area contributed by atoms with Gasteiger partial charge in [-0.15, -0.1) is 11.3 Å². The number of H-pyrrole nitrogens is 1. The van der Waals surface area contributed by atoms with Gasteiger partial charge >= 0.3 is 11.9 Å². The van der Waals surface area contributed by atoms with Gasteiger partial charge in [-0.2, -0.15) is 23.4 Å². The van der Waals surface area contributed by atoms with Crippen molar-refractivity contribution in [1.29, 1.82) is 5.26 Å². The number of aromatic amines is 1. The number of nitrogens with two attached hydrogens (primary N) is 1. The first kappa shape index (κ1) is 23.6. The summed E-state index contributed by atoms with van der Waals surface area (Å²) < 4.78 is 73.9. The summed E-state index contributed by atoms with van der Waals surface area (Å²) in [7, 11) is 0. The first-order valence-electron chi connectivity index (χ1n) is 11.3. The van der Waals surface area contributed by atoms with Gasteiger partial charge in [0.1, 0.15) is 22.7 Å². The maximum atomic E-state index is 16.2. The molecule has 2 aromatic carbocycles. The number of rotatable bonds is 2. The summed E-state index contributed by atoms with van der Waals surface area (Å²) in [6.07, 6.45) is -3.28. The van der Waals surface area contributed by atoms with Crippen molar-refractivity contribution >= 4 is 43.1 Å². The summed E-state index contributed by atoms with van der Waals surface area (Å²) in [4.78, 5) is 20.3. The van der Waals surface area contributed by atoms with Gasteiger partial charge in [0.25, 0.3) is 0 Å². The number of benzene rings is 2. The van der Waals surface area contributed by atoms with Gasteiger partial charge in [-0.05, 0) is 30.5 Å². The van der Waals surface area contributed by atoms with Crippen molar-refractivity contribution in [2.75, 3.05) is 23.7 Å². The van der Waals surface area contributed by atoms with Crippen molar-refractivity contribution in [1.82, 2.24) is 15.3 Å². The molecule has 2 fully saturated rings. The summed E-state index contributed by atoms with van der Waals surface area (Å²) in [5, 5.41) is 12.4. The van der Waals surface area contributed by atoms with E-state index in [9.17, 15) is 27.6 Å². The highest BCUT2D eigenvalue weighted by molar-refractivity contribution is 7.23. The normalized spacial score (nSPS) is 19.6. The van der Waals surface area contributed by atoms with Crippen LogP contribution in [-0.2, 0) is 6.18 Å². The number of alkyl halides is 3. The lowest BCUT2D eigenvalue weighted by Gasteiger charge is -2.34. The third-order valence-corrected chi connectivity index (χ3v) is 7.99. The molecule has 0 spiro atoms. The molecule has 0 aliphatic carbocycles. The maximum Gasteiger partial charge on any atom is 0.417 e. The molecule has 2 atom stereocenters. The average Bonchev–Trinajstić information content (AvgIpc) is 3.36. The van der Waals surface area contributed by atoms with E-state index >= 15 is 4.39 Å². The zero-order valence-electron chi connectivity index (χ0n) is 18.8. The standard InChI is InChI=1S/C24H17F5N6OS/c25-15-4-3-11(16-13(6-30)21(31)37-20(15)16)17-14(24(27,28)29)5-12-19(18(17)26)33-23(36)34-22(12)35-7-9-1-2-10(8-35)32-9/h3-5,9-10,32H,1-2,7-8,31H2,(H,33,34,36). The molecular weight excluding hydrogens is 515 g/mol. The van der Waals surface area contributed by atoms with Crippen molar-refractivity contribution in [3.63, 3.8) is 0 Å². The largest absolute Gasteiger partial charge is 0.417 e. The predicted molar refractivity (Wildman–Crippen MR) is 129 cm³/mol. The van der Waals surface area contributed by atoms with Crippen LogP contribution < -0.4 is 21.6 Å². The Hall–Kier alpha value is -3.76. The Morgan fingerprint density at radius 2 is 1.89 bits per heavy atom. The molecule has 190 valence electrons. The molecule has 37 heavy (non-hydrogen) atoms. The molecule has 13 heteroatoms. The highest BCUT2D eigenvalue weighted by Crippen LogP contribution is 2.47. The molecule has 2 saturated heterocycles. The Kier molecular flexibility index (Phi) is 5.19. The van der Waals surface area contributed by atoms with E-state index in [4.69, 9.17) is 5.73 Å². The van der Waals surface area contributed by atoms with Crippen LogP contribution in [0, 0.1) is 23.0 Å². The third kappa shape index (κ3) is 3.62. The summed E-state index contributed by atoms with van der Waals surface area (Å²) >= 11 is 0.688. The van der Waals surface area contributed by atoms with Crippen LogP contribution >= 0.6 is 11.3 Å². The fraction of sp³-hybridized carbons (Fsp3) is 0.292. The van der Waals surface area contributed by atoms with Crippen molar-refractivity contribution in [2.24, 2.45) is 0 Å². The van der Waals surface area contributed by atoms with Crippen LogP contribution in [0.15, 0.2) is 23.0 Å². The predicted octanol–water partition coefficient (Wildman–Crippen LogP) is 4.50. The van der Waals surface area contributed by atoms with Gasteiger partial charge in [0.2, 0.25) is 0 Å². The van der Waals surface area contributed by atoms with Crippen molar-refractivity contribution in [2.45, 2.75) is 31.1 Å².